The fourth-order valence-electron chi connectivity index (χ4n) is 2.94. The molecule has 0 radical (unpaired) electrons. The highest BCUT2D eigenvalue weighted by atomic mass is 16.5. The van der Waals surface area contributed by atoms with Crippen molar-refractivity contribution in [3.63, 3.8) is 0 Å². The van der Waals surface area contributed by atoms with Gasteiger partial charge < -0.3 is 19.8 Å². The lowest BCUT2D eigenvalue weighted by Gasteiger charge is -2.22. The normalized spacial score (nSPS) is 21.3. The molecule has 0 bridgehead atoms. The first kappa shape index (κ1) is 17.3. The van der Waals surface area contributed by atoms with E-state index in [-0.39, 0.29) is 36.5 Å². The Labute approximate surface area is 135 Å². The van der Waals surface area contributed by atoms with Crippen molar-refractivity contribution in [3.05, 3.63) is 29.8 Å². The molecule has 1 heterocycles. The number of hydrogen-bond donors (Lipinski definition) is 2. The van der Waals surface area contributed by atoms with Crippen LogP contribution in [0.1, 0.15) is 31.7 Å². The van der Waals surface area contributed by atoms with E-state index in [1.54, 1.807) is 43.0 Å². The van der Waals surface area contributed by atoms with Crippen molar-refractivity contribution in [2.45, 2.75) is 31.8 Å². The first-order chi connectivity index (χ1) is 10.7. The van der Waals surface area contributed by atoms with Crippen molar-refractivity contribution in [1.29, 1.82) is 0 Å². The molecule has 0 aromatic heterocycles. The molecule has 2 rings (SSSR count). The van der Waals surface area contributed by atoms with Gasteiger partial charge in [0.25, 0.3) is 0 Å². The summed E-state index contributed by atoms with van der Waals surface area (Å²) < 4.78 is 4.86. The standard InChI is InChI=1S/C17H23NO5/c1-17(2,22)8-15(20)18-9-13(14(10-18)16(21)23-3)11-4-6-12(19)7-5-11/h4-7,13-14,19,22H,8-10H2,1-3H3/t13-,14+/m0/s1. The third-order valence-corrected chi connectivity index (χ3v) is 4.08. The molecule has 0 saturated carbocycles. The molecule has 126 valence electrons. The van der Waals surface area contributed by atoms with E-state index in [1.165, 1.54) is 7.11 Å². The maximum absolute atomic E-state index is 12.3. The van der Waals surface area contributed by atoms with E-state index in [1.807, 2.05) is 0 Å². The number of ether oxygens (including phenoxy) is 1. The molecule has 1 aromatic rings. The summed E-state index contributed by atoms with van der Waals surface area (Å²) in [7, 11) is 1.33. The third-order valence-electron chi connectivity index (χ3n) is 4.08. The number of hydrogen-bond acceptors (Lipinski definition) is 5. The van der Waals surface area contributed by atoms with Crippen LogP contribution in [0.3, 0.4) is 0 Å². The number of aliphatic hydroxyl groups is 1. The Morgan fingerprint density at radius 3 is 2.39 bits per heavy atom. The summed E-state index contributed by atoms with van der Waals surface area (Å²) >= 11 is 0. The molecule has 0 spiro atoms. The number of carbonyl (C=O) groups excluding carboxylic acids is 2. The quantitative estimate of drug-likeness (QED) is 0.816. The molecule has 1 saturated heterocycles. The fraction of sp³-hybridized carbons (Fsp3) is 0.529. The first-order valence-electron chi connectivity index (χ1n) is 7.58. The average molecular weight is 321 g/mol. The van der Waals surface area contributed by atoms with Gasteiger partial charge in [-0.1, -0.05) is 12.1 Å². The van der Waals surface area contributed by atoms with Crippen LogP contribution in [-0.4, -0.2) is 52.8 Å². The van der Waals surface area contributed by atoms with E-state index in [2.05, 4.69) is 0 Å². The Morgan fingerprint density at radius 2 is 1.87 bits per heavy atom. The fourth-order valence-corrected chi connectivity index (χ4v) is 2.94. The Kier molecular flexibility index (Phi) is 4.94. The zero-order chi connectivity index (χ0) is 17.2. The molecule has 6 nitrogen and oxygen atoms in total. The van der Waals surface area contributed by atoms with Gasteiger partial charge in [-0.25, -0.2) is 0 Å². The molecule has 2 N–H and O–H groups in total. The zero-order valence-electron chi connectivity index (χ0n) is 13.7. The van der Waals surface area contributed by atoms with Crippen LogP contribution in [-0.2, 0) is 14.3 Å². The molecule has 6 heteroatoms. The number of carbonyl (C=O) groups is 2. The maximum atomic E-state index is 12.3. The molecule has 1 amide bonds. The van der Waals surface area contributed by atoms with Crippen LogP contribution < -0.4 is 0 Å². The van der Waals surface area contributed by atoms with Gasteiger partial charge in [-0.05, 0) is 31.5 Å². The number of likely N-dealkylation sites (tertiary alicyclic amines) is 1. The lowest BCUT2D eigenvalue weighted by molar-refractivity contribution is -0.145. The second-order valence-corrected chi connectivity index (χ2v) is 6.62. The lowest BCUT2D eigenvalue weighted by Crippen LogP contribution is -2.35. The van der Waals surface area contributed by atoms with Crippen molar-refractivity contribution in [3.8, 4) is 5.75 Å². The molecule has 1 aliphatic heterocycles. The van der Waals surface area contributed by atoms with E-state index in [9.17, 15) is 19.8 Å². The van der Waals surface area contributed by atoms with Gasteiger partial charge in [0.15, 0.2) is 0 Å². The van der Waals surface area contributed by atoms with Gasteiger partial charge >= 0.3 is 5.97 Å². The summed E-state index contributed by atoms with van der Waals surface area (Å²) in [6, 6.07) is 6.62. The van der Waals surface area contributed by atoms with Crippen LogP contribution in [0.2, 0.25) is 0 Å². The van der Waals surface area contributed by atoms with Gasteiger partial charge in [-0.2, -0.15) is 0 Å². The van der Waals surface area contributed by atoms with E-state index in [4.69, 9.17) is 4.74 Å². The Hall–Kier alpha value is -2.08. The Morgan fingerprint density at radius 1 is 1.26 bits per heavy atom. The molecule has 0 aliphatic carbocycles. The summed E-state index contributed by atoms with van der Waals surface area (Å²) in [4.78, 5) is 26.0. The van der Waals surface area contributed by atoms with E-state index in [0.29, 0.717) is 6.54 Å². The molecule has 1 aromatic carbocycles. The maximum Gasteiger partial charge on any atom is 0.311 e. The van der Waals surface area contributed by atoms with Crippen LogP contribution in [0.25, 0.3) is 0 Å². The number of aromatic hydroxyl groups is 1. The van der Waals surface area contributed by atoms with Crippen LogP contribution in [0, 0.1) is 5.92 Å². The van der Waals surface area contributed by atoms with Crippen molar-refractivity contribution >= 4 is 11.9 Å². The van der Waals surface area contributed by atoms with E-state index >= 15 is 0 Å². The second-order valence-electron chi connectivity index (χ2n) is 6.62. The third kappa shape index (κ3) is 4.22. The summed E-state index contributed by atoms with van der Waals surface area (Å²) in [5.74, 6) is -1.03. The number of phenols is 1. The monoisotopic (exact) mass is 321 g/mol. The molecule has 23 heavy (non-hydrogen) atoms. The molecular weight excluding hydrogens is 298 g/mol. The van der Waals surface area contributed by atoms with Gasteiger partial charge in [0.2, 0.25) is 5.91 Å². The molecule has 1 fully saturated rings. The smallest absolute Gasteiger partial charge is 0.311 e. The van der Waals surface area contributed by atoms with Crippen molar-refractivity contribution in [2.75, 3.05) is 20.2 Å². The van der Waals surface area contributed by atoms with Crippen LogP contribution >= 0.6 is 0 Å². The highest BCUT2D eigenvalue weighted by Gasteiger charge is 2.41. The number of rotatable bonds is 4. The summed E-state index contributed by atoms with van der Waals surface area (Å²) in [5.41, 5.74) is -0.217. The predicted octanol–water partition coefficient (Wildman–Crippen LogP) is 1.27. The zero-order valence-corrected chi connectivity index (χ0v) is 13.7. The SMILES string of the molecule is COC(=O)[C@@H]1CN(C(=O)CC(C)(C)O)C[C@H]1c1ccc(O)cc1. The number of phenolic OH excluding ortho intramolecular Hbond substituents is 1. The number of nitrogens with zero attached hydrogens (tertiary/aromatic N) is 1. The minimum Gasteiger partial charge on any atom is -0.508 e. The first-order valence-corrected chi connectivity index (χ1v) is 7.58. The average Bonchev–Trinajstić information content (AvgIpc) is 2.91. The van der Waals surface area contributed by atoms with Gasteiger partial charge in [0.05, 0.1) is 25.0 Å². The van der Waals surface area contributed by atoms with E-state index in [0.717, 1.165) is 5.56 Å². The number of amides is 1. The molecule has 1 aliphatic rings. The molecular formula is C17H23NO5. The van der Waals surface area contributed by atoms with E-state index < -0.39 is 11.5 Å². The highest BCUT2D eigenvalue weighted by Crippen LogP contribution is 2.34. The topological polar surface area (TPSA) is 87.1 Å². The summed E-state index contributed by atoms with van der Waals surface area (Å²) in [6.07, 6.45) is 0.00317. The Balaban J connectivity index is 2.20. The Bertz CT molecular complexity index is 576. The highest BCUT2D eigenvalue weighted by molar-refractivity contribution is 5.81. The predicted molar refractivity (Wildman–Crippen MR) is 83.8 cm³/mol. The summed E-state index contributed by atoms with van der Waals surface area (Å²) in [6.45, 7) is 3.82. The number of benzene rings is 1. The van der Waals surface area contributed by atoms with Gasteiger partial charge in [-0.3, -0.25) is 9.59 Å². The number of esters is 1. The minimum absolute atomic E-state index is 0.00317. The largest absolute Gasteiger partial charge is 0.508 e. The van der Waals surface area contributed by atoms with Gasteiger partial charge in [-0.15, -0.1) is 0 Å². The van der Waals surface area contributed by atoms with Crippen molar-refractivity contribution in [1.82, 2.24) is 4.90 Å². The van der Waals surface area contributed by atoms with Crippen LogP contribution in [0.15, 0.2) is 24.3 Å². The van der Waals surface area contributed by atoms with Gasteiger partial charge in [0, 0.05) is 19.0 Å². The molecule has 0 unspecified atom stereocenters. The van der Waals surface area contributed by atoms with Crippen molar-refractivity contribution in [2.24, 2.45) is 5.92 Å². The number of methoxy groups -OCH3 is 1. The second kappa shape index (κ2) is 6.58. The summed E-state index contributed by atoms with van der Waals surface area (Å²) in [5, 5.41) is 19.2. The van der Waals surface area contributed by atoms with Gasteiger partial charge in [0.1, 0.15) is 5.75 Å². The van der Waals surface area contributed by atoms with Crippen molar-refractivity contribution < 1.29 is 24.5 Å². The molecule has 2 atom stereocenters. The minimum atomic E-state index is -1.09. The van der Waals surface area contributed by atoms with Crippen LogP contribution in [0.4, 0.5) is 0 Å². The lowest BCUT2D eigenvalue weighted by atomic mass is 9.89. The van der Waals surface area contributed by atoms with Crippen LogP contribution in [0.5, 0.6) is 5.75 Å².